The van der Waals surface area contributed by atoms with E-state index in [9.17, 15) is 4.79 Å². The third-order valence-electron chi connectivity index (χ3n) is 4.93. The standard InChI is InChI=1S/C18H23N7OS/c1-24-18(25-8-3-4-11(19)6-9-25)12(10-22-24)23-17(26)14-15-13(27-16(14)20)5-2-7-21-15/h2,5,7,10-11H,3-4,6,8-9,19-20H2,1H3,(H,23,26)/t11-/m0/s1. The smallest absolute Gasteiger partial charge is 0.261 e. The van der Waals surface area contributed by atoms with E-state index in [1.807, 2.05) is 19.2 Å². The summed E-state index contributed by atoms with van der Waals surface area (Å²) in [6.07, 6.45) is 6.30. The molecule has 1 fully saturated rings. The summed E-state index contributed by atoms with van der Waals surface area (Å²) in [4.78, 5) is 19.5. The molecule has 5 N–H and O–H groups in total. The lowest BCUT2D eigenvalue weighted by Crippen LogP contribution is -2.29. The monoisotopic (exact) mass is 385 g/mol. The molecule has 0 aliphatic carbocycles. The molecular formula is C18H23N7OS. The Morgan fingerprint density at radius 2 is 2.22 bits per heavy atom. The molecule has 0 spiro atoms. The van der Waals surface area contributed by atoms with Gasteiger partial charge < -0.3 is 21.7 Å². The lowest BCUT2D eigenvalue weighted by Gasteiger charge is -2.24. The van der Waals surface area contributed by atoms with E-state index >= 15 is 0 Å². The zero-order valence-electron chi connectivity index (χ0n) is 15.2. The third kappa shape index (κ3) is 3.35. The number of carbonyl (C=O) groups excluding carboxylic acids is 1. The van der Waals surface area contributed by atoms with Crippen LogP contribution in [0.2, 0.25) is 0 Å². The lowest BCUT2D eigenvalue weighted by molar-refractivity contribution is 0.102. The molecule has 1 saturated heterocycles. The van der Waals surface area contributed by atoms with Gasteiger partial charge in [0.05, 0.1) is 16.4 Å². The van der Waals surface area contributed by atoms with Gasteiger partial charge in [-0.25, -0.2) is 0 Å². The second-order valence-corrected chi connectivity index (χ2v) is 7.91. The van der Waals surface area contributed by atoms with E-state index in [-0.39, 0.29) is 11.9 Å². The van der Waals surface area contributed by atoms with Crippen LogP contribution in [0.3, 0.4) is 0 Å². The molecule has 0 aromatic carbocycles. The second-order valence-electron chi connectivity index (χ2n) is 6.83. The topological polar surface area (TPSA) is 115 Å². The molecule has 3 aromatic heterocycles. The minimum atomic E-state index is -0.266. The number of nitrogens with two attached hydrogens (primary N) is 2. The molecule has 0 radical (unpaired) electrons. The molecule has 27 heavy (non-hydrogen) atoms. The van der Waals surface area contributed by atoms with E-state index in [2.05, 4.69) is 20.3 Å². The highest BCUT2D eigenvalue weighted by atomic mass is 32.1. The number of aromatic nitrogens is 3. The van der Waals surface area contributed by atoms with Gasteiger partial charge in [0.25, 0.3) is 5.91 Å². The quantitative estimate of drug-likeness (QED) is 0.636. The summed E-state index contributed by atoms with van der Waals surface area (Å²) >= 11 is 1.37. The Morgan fingerprint density at radius 1 is 1.37 bits per heavy atom. The summed E-state index contributed by atoms with van der Waals surface area (Å²) < 4.78 is 2.69. The zero-order chi connectivity index (χ0) is 19.0. The maximum Gasteiger partial charge on any atom is 0.261 e. The van der Waals surface area contributed by atoms with Crippen molar-refractivity contribution in [2.45, 2.75) is 25.3 Å². The summed E-state index contributed by atoms with van der Waals surface area (Å²) in [6, 6.07) is 3.98. The molecule has 142 valence electrons. The Hall–Kier alpha value is -2.65. The highest BCUT2D eigenvalue weighted by Crippen LogP contribution is 2.34. The average molecular weight is 385 g/mol. The molecule has 0 bridgehead atoms. The first-order valence-electron chi connectivity index (χ1n) is 9.01. The van der Waals surface area contributed by atoms with Gasteiger partial charge in [-0.1, -0.05) is 0 Å². The van der Waals surface area contributed by atoms with Crippen molar-refractivity contribution >= 4 is 44.0 Å². The van der Waals surface area contributed by atoms with Crippen LogP contribution >= 0.6 is 11.3 Å². The minimum Gasteiger partial charge on any atom is -0.390 e. The Kier molecular flexibility index (Phi) is 4.71. The number of hydrogen-bond donors (Lipinski definition) is 3. The minimum absolute atomic E-state index is 0.226. The van der Waals surface area contributed by atoms with Gasteiger partial charge in [-0.3, -0.25) is 14.5 Å². The van der Waals surface area contributed by atoms with E-state index in [0.717, 1.165) is 42.9 Å². The summed E-state index contributed by atoms with van der Waals surface area (Å²) in [5.74, 6) is 0.627. The number of nitrogens with one attached hydrogen (secondary N) is 1. The van der Waals surface area contributed by atoms with E-state index in [0.29, 0.717) is 21.8 Å². The third-order valence-corrected chi connectivity index (χ3v) is 5.90. The van der Waals surface area contributed by atoms with Gasteiger partial charge in [-0.05, 0) is 31.4 Å². The van der Waals surface area contributed by atoms with Crippen LogP contribution < -0.4 is 21.7 Å². The molecule has 1 atom stereocenters. The zero-order valence-corrected chi connectivity index (χ0v) is 16.0. The summed E-state index contributed by atoms with van der Waals surface area (Å²) in [6.45, 7) is 1.73. The highest BCUT2D eigenvalue weighted by molar-refractivity contribution is 7.23. The maximum absolute atomic E-state index is 13.0. The van der Waals surface area contributed by atoms with E-state index in [1.54, 1.807) is 17.1 Å². The van der Waals surface area contributed by atoms with Crippen LogP contribution in [-0.4, -0.2) is 39.8 Å². The van der Waals surface area contributed by atoms with Crippen molar-refractivity contribution in [1.29, 1.82) is 0 Å². The Morgan fingerprint density at radius 3 is 3.07 bits per heavy atom. The molecule has 8 nitrogen and oxygen atoms in total. The first-order valence-corrected chi connectivity index (χ1v) is 9.83. The number of pyridine rings is 1. The van der Waals surface area contributed by atoms with Crippen LogP contribution in [0, 0.1) is 0 Å². The molecule has 1 aliphatic rings. The van der Waals surface area contributed by atoms with Gasteiger partial charge in [0.1, 0.15) is 16.3 Å². The van der Waals surface area contributed by atoms with Gasteiger partial charge >= 0.3 is 0 Å². The van der Waals surface area contributed by atoms with Crippen molar-refractivity contribution < 1.29 is 4.79 Å². The summed E-state index contributed by atoms with van der Waals surface area (Å²) in [5, 5.41) is 7.80. The average Bonchev–Trinajstić information content (AvgIpc) is 3.08. The number of nitrogen functional groups attached to an aromatic ring is 1. The van der Waals surface area contributed by atoms with Crippen LogP contribution in [0.15, 0.2) is 24.5 Å². The normalized spacial score (nSPS) is 17.9. The van der Waals surface area contributed by atoms with Crippen molar-refractivity contribution in [2.75, 3.05) is 29.0 Å². The highest BCUT2D eigenvalue weighted by Gasteiger charge is 2.24. The van der Waals surface area contributed by atoms with Crippen LogP contribution in [0.1, 0.15) is 29.6 Å². The molecule has 4 rings (SSSR count). The maximum atomic E-state index is 13.0. The van der Waals surface area contributed by atoms with Crippen LogP contribution in [0.5, 0.6) is 0 Å². The van der Waals surface area contributed by atoms with E-state index in [1.165, 1.54) is 11.3 Å². The lowest BCUT2D eigenvalue weighted by atomic mass is 10.1. The van der Waals surface area contributed by atoms with Gasteiger partial charge in [-0.15, -0.1) is 11.3 Å². The van der Waals surface area contributed by atoms with Gasteiger partial charge in [0, 0.05) is 32.4 Å². The Bertz CT molecular complexity index is 979. The van der Waals surface area contributed by atoms with Crippen molar-refractivity contribution in [3.8, 4) is 0 Å². The number of fused-ring (bicyclic) bond motifs is 1. The predicted octanol–water partition coefficient (Wildman–Crippen LogP) is 2.18. The SMILES string of the molecule is Cn1ncc(NC(=O)c2c(N)sc3cccnc23)c1N1CCC[C@H](N)CC1. The van der Waals surface area contributed by atoms with E-state index in [4.69, 9.17) is 11.5 Å². The number of amides is 1. The number of anilines is 3. The summed E-state index contributed by atoms with van der Waals surface area (Å²) in [5.41, 5.74) is 13.9. The van der Waals surface area contributed by atoms with Crippen molar-refractivity contribution in [1.82, 2.24) is 14.8 Å². The molecular weight excluding hydrogens is 362 g/mol. The summed E-state index contributed by atoms with van der Waals surface area (Å²) in [7, 11) is 1.88. The van der Waals surface area contributed by atoms with Gasteiger partial charge in [-0.2, -0.15) is 5.10 Å². The first-order chi connectivity index (χ1) is 13.0. The van der Waals surface area contributed by atoms with Crippen molar-refractivity contribution in [2.24, 2.45) is 12.8 Å². The molecule has 0 unspecified atom stereocenters. The molecule has 0 saturated carbocycles. The number of hydrogen-bond acceptors (Lipinski definition) is 7. The number of thiophene rings is 1. The fraction of sp³-hybridized carbons (Fsp3) is 0.389. The first kappa shape index (κ1) is 17.7. The molecule has 1 amide bonds. The molecule has 9 heteroatoms. The number of rotatable bonds is 3. The Labute approximate surface area is 161 Å². The number of carbonyl (C=O) groups is 1. The second kappa shape index (κ2) is 7.16. The fourth-order valence-corrected chi connectivity index (χ4v) is 4.51. The van der Waals surface area contributed by atoms with Crippen molar-refractivity contribution in [3.63, 3.8) is 0 Å². The van der Waals surface area contributed by atoms with Crippen LogP contribution in [-0.2, 0) is 7.05 Å². The van der Waals surface area contributed by atoms with Crippen LogP contribution in [0.4, 0.5) is 16.5 Å². The Balaban J connectivity index is 1.63. The van der Waals surface area contributed by atoms with Crippen LogP contribution in [0.25, 0.3) is 10.2 Å². The van der Waals surface area contributed by atoms with Gasteiger partial charge in [0.15, 0.2) is 5.82 Å². The fourth-order valence-electron chi connectivity index (χ4n) is 3.58. The van der Waals surface area contributed by atoms with E-state index < -0.39 is 0 Å². The predicted molar refractivity (Wildman–Crippen MR) is 109 cm³/mol. The van der Waals surface area contributed by atoms with Crippen molar-refractivity contribution in [3.05, 3.63) is 30.1 Å². The molecule has 1 aliphatic heterocycles. The number of nitrogens with zero attached hydrogens (tertiary/aromatic N) is 4. The molecule has 3 aromatic rings. The number of aryl methyl sites for hydroxylation is 1. The molecule has 4 heterocycles. The van der Waals surface area contributed by atoms with Gasteiger partial charge in [0.2, 0.25) is 0 Å². The largest absolute Gasteiger partial charge is 0.390 e.